The van der Waals surface area contributed by atoms with E-state index in [1.54, 1.807) is 18.4 Å². The van der Waals surface area contributed by atoms with E-state index < -0.39 is 0 Å². The Kier molecular flexibility index (Phi) is 6.67. The average Bonchev–Trinajstić information content (AvgIpc) is 2.94. The summed E-state index contributed by atoms with van der Waals surface area (Å²) in [4.78, 5) is 18.1. The topological polar surface area (TPSA) is 36.7 Å². The Balaban J connectivity index is 0.00000225. The van der Waals surface area contributed by atoms with Gasteiger partial charge in [-0.15, -0.1) is 0 Å². The smallest absolute Gasteiger partial charge is 0.288 e. The summed E-state index contributed by atoms with van der Waals surface area (Å²) in [5.74, 6) is 1.08. The Labute approximate surface area is 159 Å². The fourth-order valence-corrected chi connectivity index (χ4v) is 3.80. The second-order valence-corrected chi connectivity index (χ2v) is 7.09. The molecule has 0 N–H and O–H groups in total. The summed E-state index contributed by atoms with van der Waals surface area (Å²) in [6, 6.07) is 8.05. The molecule has 0 unspecified atom stereocenters. The van der Waals surface area contributed by atoms with Crippen molar-refractivity contribution in [2.24, 2.45) is 0 Å². The molecule has 1 amide bonds. The fraction of sp³-hybridized carbons (Fsp3) is 0.444. The SMILES string of the molecule is COc1ccccc1N1CCN(C(=O)C[n+]2csc(C)c2C)CC1.[Cl-]. The second kappa shape index (κ2) is 8.54. The van der Waals surface area contributed by atoms with Gasteiger partial charge in [0.05, 0.1) is 17.7 Å². The Morgan fingerprint density at radius 1 is 1.20 bits per heavy atom. The molecular formula is C18H24ClN3O2S. The van der Waals surface area contributed by atoms with Gasteiger partial charge in [-0.3, -0.25) is 4.79 Å². The fourth-order valence-electron chi connectivity index (χ4n) is 3.00. The Morgan fingerprint density at radius 2 is 1.88 bits per heavy atom. The molecule has 1 aromatic carbocycles. The normalized spacial score (nSPS) is 14.2. The molecule has 0 spiro atoms. The number of nitrogens with zero attached hydrogens (tertiary/aromatic N) is 3. The van der Waals surface area contributed by atoms with Crippen molar-refractivity contribution in [2.75, 3.05) is 38.2 Å². The van der Waals surface area contributed by atoms with E-state index in [0.29, 0.717) is 6.54 Å². The number of aryl methyl sites for hydroxylation is 1. The summed E-state index contributed by atoms with van der Waals surface area (Å²) in [5.41, 5.74) is 4.32. The van der Waals surface area contributed by atoms with Crippen LogP contribution in [0.25, 0.3) is 0 Å². The van der Waals surface area contributed by atoms with Crippen molar-refractivity contribution in [3.8, 4) is 5.75 Å². The van der Waals surface area contributed by atoms with Gasteiger partial charge in [-0.2, -0.15) is 4.57 Å². The minimum atomic E-state index is 0. The van der Waals surface area contributed by atoms with Gasteiger partial charge >= 0.3 is 0 Å². The number of thiazole rings is 1. The molecule has 5 nitrogen and oxygen atoms in total. The Bertz CT molecular complexity index is 727. The molecule has 0 bridgehead atoms. The summed E-state index contributed by atoms with van der Waals surface area (Å²) in [7, 11) is 1.70. The van der Waals surface area contributed by atoms with Crippen LogP contribution in [0.15, 0.2) is 29.8 Å². The summed E-state index contributed by atoms with van der Waals surface area (Å²) in [6.45, 7) is 7.76. The average molecular weight is 382 g/mol. The molecule has 1 saturated heterocycles. The molecule has 7 heteroatoms. The molecule has 3 rings (SSSR count). The third-order valence-electron chi connectivity index (χ3n) is 4.66. The van der Waals surface area contributed by atoms with Gasteiger partial charge in [-0.25, -0.2) is 0 Å². The maximum Gasteiger partial charge on any atom is 0.288 e. The van der Waals surface area contributed by atoms with Gasteiger partial charge in [0.25, 0.3) is 5.91 Å². The number of anilines is 1. The highest BCUT2D eigenvalue weighted by atomic mass is 35.5. The van der Waals surface area contributed by atoms with Crippen LogP contribution in [0, 0.1) is 13.8 Å². The Morgan fingerprint density at radius 3 is 2.48 bits per heavy atom. The number of rotatable bonds is 4. The molecule has 1 aliphatic rings. The number of amides is 1. The first-order chi connectivity index (χ1) is 11.6. The first-order valence-electron chi connectivity index (χ1n) is 8.20. The summed E-state index contributed by atoms with van der Waals surface area (Å²) >= 11 is 1.69. The lowest BCUT2D eigenvalue weighted by atomic mass is 10.2. The van der Waals surface area contributed by atoms with E-state index >= 15 is 0 Å². The van der Waals surface area contributed by atoms with Crippen molar-refractivity contribution in [3.63, 3.8) is 0 Å². The number of carbonyl (C=O) groups is 1. The van der Waals surface area contributed by atoms with Crippen LogP contribution in [0.3, 0.4) is 0 Å². The van der Waals surface area contributed by atoms with Gasteiger partial charge in [0.1, 0.15) is 5.75 Å². The number of halogens is 1. The maximum absolute atomic E-state index is 12.6. The van der Waals surface area contributed by atoms with Crippen LogP contribution in [-0.4, -0.2) is 44.1 Å². The van der Waals surface area contributed by atoms with Crippen LogP contribution in [0.4, 0.5) is 5.69 Å². The zero-order chi connectivity index (χ0) is 17.1. The standard InChI is InChI=1S/C18H24N3O2S.ClH/c1-14-15(2)24-13-21(14)12-18(22)20-10-8-19(9-11-20)16-6-4-5-7-17(16)23-3;/h4-7,13H,8-12H2,1-3H3;1H/q+1;/p-1. The number of aromatic nitrogens is 1. The van der Waals surface area contributed by atoms with Crippen molar-refractivity contribution in [1.29, 1.82) is 0 Å². The van der Waals surface area contributed by atoms with Crippen molar-refractivity contribution in [3.05, 3.63) is 40.3 Å². The number of piperazine rings is 1. The van der Waals surface area contributed by atoms with E-state index in [-0.39, 0.29) is 18.3 Å². The Hall–Kier alpha value is -1.79. The molecule has 136 valence electrons. The number of methoxy groups -OCH3 is 1. The van der Waals surface area contributed by atoms with Crippen LogP contribution >= 0.6 is 11.3 Å². The molecule has 25 heavy (non-hydrogen) atoms. The molecule has 1 fully saturated rings. The lowest BCUT2D eigenvalue weighted by Crippen LogP contribution is -3.00. The monoisotopic (exact) mass is 381 g/mol. The van der Waals surface area contributed by atoms with Gasteiger partial charge in [-0.1, -0.05) is 23.5 Å². The van der Waals surface area contributed by atoms with E-state index in [4.69, 9.17) is 4.74 Å². The van der Waals surface area contributed by atoms with Crippen LogP contribution < -0.4 is 26.6 Å². The lowest BCUT2D eigenvalue weighted by Gasteiger charge is -2.36. The van der Waals surface area contributed by atoms with Crippen molar-refractivity contribution < 1.29 is 26.5 Å². The first kappa shape index (κ1) is 19.5. The van der Waals surface area contributed by atoms with Crippen LogP contribution in [0.1, 0.15) is 10.6 Å². The number of ether oxygens (including phenoxy) is 1. The molecule has 0 radical (unpaired) electrons. The number of carbonyl (C=O) groups excluding carboxylic acids is 1. The molecule has 0 atom stereocenters. The largest absolute Gasteiger partial charge is 1.00 e. The molecule has 1 aromatic heterocycles. The van der Waals surface area contributed by atoms with Crippen molar-refractivity contribution >= 4 is 22.9 Å². The zero-order valence-electron chi connectivity index (χ0n) is 14.9. The zero-order valence-corrected chi connectivity index (χ0v) is 16.4. The molecule has 2 heterocycles. The van der Waals surface area contributed by atoms with Crippen molar-refractivity contribution in [2.45, 2.75) is 20.4 Å². The third-order valence-corrected chi connectivity index (χ3v) is 5.67. The number of hydrogen-bond acceptors (Lipinski definition) is 4. The van der Waals surface area contributed by atoms with Gasteiger partial charge < -0.3 is 26.9 Å². The molecule has 0 aliphatic carbocycles. The van der Waals surface area contributed by atoms with Crippen molar-refractivity contribution in [1.82, 2.24) is 4.90 Å². The molecule has 1 aliphatic heterocycles. The first-order valence-corrected chi connectivity index (χ1v) is 9.08. The highest BCUT2D eigenvalue weighted by Gasteiger charge is 2.26. The molecular weight excluding hydrogens is 358 g/mol. The summed E-state index contributed by atoms with van der Waals surface area (Å²) in [6.07, 6.45) is 0. The molecule has 0 saturated carbocycles. The summed E-state index contributed by atoms with van der Waals surface area (Å²) in [5, 5.41) is 0. The number of hydrogen-bond donors (Lipinski definition) is 0. The van der Waals surface area contributed by atoms with Crippen LogP contribution in [0.2, 0.25) is 0 Å². The highest BCUT2D eigenvalue weighted by molar-refractivity contribution is 7.09. The number of benzene rings is 1. The minimum absolute atomic E-state index is 0. The third kappa shape index (κ3) is 4.25. The van der Waals surface area contributed by atoms with E-state index in [9.17, 15) is 4.79 Å². The predicted octanol–water partition coefficient (Wildman–Crippen LogP) is -0.986. The van der Waals surface area contributed by atoms with Gasteiger partial charge in [0.2, 0.25) is 12.1 Å². The van der Waals surface area contributed by atoms with Crippen LogP contribution in [0.5, 0.6) is 5.75 Å². The minimum Gasteiger partial charge on any atom is -1.00 e. The van der Waals surface area contributed by atoms with E-state index in [1.165, 1.54) is 10.6 Å². The second-order valence-electron chi connectivity index (χ2n) is 6.03. The van der Waals surface area contributed by atoms with E-state index in [1.807, 2.05) is 28.6 Å². The maximum atomic E-state index is 12.6. The van der Waals surface area contributed by atoms with E-state index in [0.717, 1.165) is 37.6 Å². The predicted molar refractivity (Wildman–Crippen MR) is 95.8 cm³/mol. The quantitative estimate of drug-likeness (QED) is 0.638. The summed E-state index contributed by atoms with van der Waals surface area (Å²) < 4.78 is 7.49. The van der Waals surface area contributed by atoms with Gasteiger partial charge in [0, 0.05) is 33.1 Å². The molecule has 2 aromatic rings. The van der Waals surface area contributed by atoms with Crippen LogP contribution in [-0.2, 0) is 11.3 Å². The highest BCUT2D eigenvalue weighted by Crippen LogP contribution is 2.28. The lowest BCUT2D eigenvalue weighted by molar-refractivity contribution is -0.686. The van der Waals surface area contributed by atoms with Gasteiger partial charge in [-0.05, 0) is 19.1 Å². The van der Waals surface area contributed by atoms with E-state index in [2.05, 4.69) is 29.4 Å². The number of para-hydroxylation sites is 2. The van der Waals surface area contributed by atoms with Gasteiger partial charge in [0.15, 0.2) is 5.69 Å².